The lowest BCUT2D eigenvalue weighted by molar-refractivity contribution is 0.0670. The van der Waals surface area contributed by atoms with E-state index in [1.54, 1.807) is 0 Å². The zero-order valence-electron chi connectivity index (χ0n) is 11.2. The molecule has 1 aliphatic heterocycles. The second kappa shape index (κ2) is 5.35. The summed E-state index contributed by atoms with van der Waals surface area (Å²) in [6, 6.07) is 5.95. The number of anilines is 1. The highest BCUT2D eigenvalue weighted by Gasteiger charge is 2.24. The number of thiophene rings is 1. The summed E-state index contributed by atoms with van der Waals surface area (Å²) in [6.45, 7) is 3.38. The number of rotatable bonds is 1. The van der Waals surface area contributed by atoms with Gasteiger partial charge in [0.1, 0.15) is 4.88 Å². The highest BCUT2D eigenvalue weighted by molar-refractivity contribution is 9.10. The number of fused-ring (bicyclic) bond motifs is 1. The van der Waals surface area contributed by atoms with E-state index in [1.807, 2.05) is 23.1 Å². The second-order valence-corrected chi connectivity index (χ2v) is 7.05. The molecule has 0 saturated carbocycles. The molecule has 1 amide bonds. The van der Waals surface area contributed by atoms with E-state index >= 15 is 0 Å². The Morgan fingerprint density at radius 2 is 2.00 bits per heavy atom. The van der Waals surface area contributed by atoms with Crippen molar-refractivity contribution in [1.29, 1.82) is 0 Å². The van der Waals surface area contributed by atoms with E-state index in [9.17, 15) is 4.79 Å². The summed E-state index contributed by atoms with van der Waals surface area (Å²) in [7, 11) is 2.08. The zero-order valence-corrected chi connectivity index (χ0v) is 13.6. The van der Waals surface area contributed by atoms with Crippen LogP contribution >= 0.6 is 27.3 Å². The Bertz CT molecular complexity index is 662. The number of amides is 1. The number of carbonyl (C=O) groups is 1. The highest BCUT2D eigenvalue weighted by atomic mass is 79.9. The minimum absolute atomic E-state index is 0.0629. The molecule has 20 heavy (non-hydrogen) atoms. The first-order valence-corrected chi connectivity index (χ1v) is 8.12. The largest absolute Gasteiger partial charge is 0.397 e. The third kappa shape index (κ3) is 2.43. The number of benzene rings is 1. The maximum atomic E-state index is 12.6. The Labute approximate surface area is 130 Å². The van der Waals surface area contributed by atoms with Crippen LogP contribution in [0.1, 0.15) is 9.67 Å². The van der Waals surface area contributed by atoms with Gasteiger partial charge in [-0.2, -0.15) is 0 Å². The molecular formula is C14H16BrN3OS. The lowest BCUT2D eigenvalue weighted by Gasteiger charge is -2.32. The van der Waals surface area contributed by atoms with Gasteiger partial charge in [-0.3, -0.25) is 4.79 Å². The molecule has 2 N–H and O–H groups in total. The molecule has 1 aliphatic rings. The zero-order chi connectivity index (χ0) is 14.3. The van der Waals surface area contributed by atoms with Crippen LogP contribution in [0.2, 0.25) is 0 Å². The average molecular weight is 354 g/mol. The molecule has 1 aromatic heterocycles. The average Bonchev–Trinajstić information content (AvgIpc) is 2.76. The molecule has 106 valence electrons. The fourth-order valence-corrected chi connectivity index (χ4v) is 3.83. The smallest absolute Gasteiger partial charge is 0.266 e. The third-order valence-corrected chi connectivity index (χ3v) is 5.34. The number of hydrogen-bond acceptors (Lipinski definition) is 4. The summed E-state index contributed by atoms with van der Waals surface area (Å²) >= 11 is 4.93. The van der Waals surface area contributed by atoms with E-state index in [2.05, 4.69) is 27.9 Å². The van der Waals surface area contributed by atoms with Crippen molar-refractivity contribution in [1.82, 2.24) is 9.80 Å². The number of carbonyl (C=O) groups excluding carboxylic acids is 1. The maximum Gasteiger partial charge on any atom is 0.266 e. The Morgan fingerprint density at radius 1 is 1.30 bits per heavy atom. The van der Waals surface area contributed by atoms with Crippen molar-refractivity contribution in [2.75, 3.05) is 39.0 Å². The number of hydrogen-bond donors (Lipinski definition) is 1. The molecule has 1 aromatic carbocycles. The molecule has 4 nitrogen and oxygen atoms in total. The van der Waals surface area contributed by atoms with Crippen molar-refractivity contribution >= 4 is 48.9 Å². The molecule has 2 heterocycles. The Kier molecular flexibility index (Phi) is 3.70. The summed E-state index contributed by atoms with van der Waals surface area (Å²) in [4.78, 5) is 17.4. The minimum Gasteiger partial charge on any atom is -0.397 e. The lowest BCUT2D eigenvalue weighted by Crippen LogP contribution is -2.47. The Balaban J connectivity index is 1.93. The summed E-state index contributed by atoms with van der Waals surface area (Å²) in [5.41, 5.74) is 6.78. The van der Waals surface area contributed by atoms with Crippen molar-refractivity contribution < 1.29 is 4.79 Å². The molecule has 0 atom stereocenters. The molecule has 1 fully saturated rings. The van der Waals surface area contributed by atoms with Gasteiger partial charge in [0.15, 0.2) is 0 Å². The number of nitrogen functional groups attached to an aromatic ring is 1. The molecule has 0 bridgehead atoms. The first-order chi connectivity index (χ1) is 9.56. The van der Waals surface area contributed by atoms with Crippen molar-refractivity contribution in [2.24, 2.45) is 0 Å². The van der Waals surface area contributed by atoms with Crippen LogP contribution in [0.4, 0.5) is 5.69 Å². The summed E-state index contributed by atoms with van der Waals surface area (Å²) in [6.07, 6.45) is 0. The Hall–Kier alpha value is -1.11. The summed E-state index contributed by atoms with van der Waals surface area (Å²) in [5, 5.41) is 0.960. The van der Waals surface area contributed by atoms with Gasteiger partial charge in [0, 0.05) is 40.7 Å². The van der Waals surface area contributed by atoms with E-state index in [4.69, 9.17) is 5.73 Å². The third-order valence-electron chi connectivity index (χ3n) is 3.67. The van der Waals surface area contributed by atoms with Gasteiger partial charge in [0.25, 0.3) is 5.91 Å². The van der Waals surface area contributed by atoms with E-state index < -0.39 is 0 Å². The van der Waals surface area contributed by atoms with Gasteiger partial charge < -0.3 is 15.5 Å². The quantitative estimate of drug-likeness (QED) is 0.857. The van der Waals surface area contributed by atoms with E-state index in [0.29, 0.717) is 10.6 Å². The van der Waals surface area contributed by atoms with Gasteiger partial charge in [-0.1, -0.05) is 15.9 Å². The fourth-order valence-electron chi connectivity index (χ4n) is 2.40. The number of piperazine rings is 1. The molecule has 0 unspecified atom stereocenters. The molecule has 0 spiro atoms. The molecule has 2 aromatic rings. The van der Waals surface area contributed by atoms with Crippen molar-refractivity contribution in [3.8, 4) is 0 Å². The van der Waals surface area contributed by atoms with E-state index in [1.165, 1.54) is 11.3 Å². The van der Waals surface area contributed by atoms with Crippen LogP contribution in [0.25, 0.3) is 10.1 Å². The van der Waals surface area contributed by atoms with Gasteiger partial charge >= 0.3 is 0 Å². The SMILES string of the molecule is CN1CCN(C(=O)c2sc3ccc(Br)cc3c2N)CC1. The number of halogens is 1. The predicted molar refractivity (Wildman–Crippen MR) is 87.3 cm³/mol. The highest BCUT2D eigenvalue weighted by Crippen LogP contribution is 2.36. The lowest BCUT2D eigenvalue weighted by atomic mass is 10.2. The molecule has 0 aliphatic carbocycles. The first-order valence-electron chi connectivity index (χ1n) is 6.51. The topological polar surface area (TPSA) is 49.6 Å². The van der Waals surface area contributed by atoms with Gasteiger partial charge in [-0.05, 0) is 25.2 Å². The monoisotopic (exact) mass is 353 g/mol. The Morgan fingerprint density at radius 3 is 2.70 bits per heavy atom. The number of likely N-dealkylation sites (N-methyl/N-ethyl adjacent to an activating group) is 1. The van der Waals surface area contributed by atoms with E-state index in [0.717, 1.165) is 40.7 Å². The van der Waals surface area contributed by atoms with Crippen LogP contribution in [0, 0.1) is 0 Å². The van der Waals surface area contributed by atoms with Crippen LogP contribution in [0.5, 0.6) is 0 Å². The van der Waals surface area contributed by atoms with Crippen molar-refractivity contribution in [2.45, 2.75) is 0 Å². The van der Waals surface area contributed by atoms with Crippen LogP contribution in [0.3, 0.4) is 0 Å². The normalized spacial score (nSPS) is 16.8. The standard InChI is InChI=1S/C14H16BrN3OS/c1-17-4-6-18(7-5-17)14(19)13-12(16)10-8-9(15)2-3-11(10)20-13/h2-3,8H,4-7,16H2,1H3. The summed E-state index contributed by atoms with van der Waals surface area (Å²) < 4.78 is 2.04. The van der Waals surface area contributed by atoms with Crippen molar-refractivity contribution in [3.05, 3.63) is 27.5 Å². The minimum atomic E-state index is 0.0629. The summed E-state index contributed by atoms with van der Waals surface area (Å²) in [5.74, 6) is 0.0629. The predicted octanol–water partition coefficient (Wildman–Crippen LogP) is 2.63. The first kappa shape index (κ1) is 13.9. The number of nitrogens with two attached hydrogens (primary N) is 1. The number of nitrogens with zero attached hydrogens (tertiary/aromatic N) is 2. The van der Waals surface area contributed by atoms with Gasteiger partial charge in [0.05, 0.1) is 5.69 Å². The van der Waals surface area contributed by atoms with Crippen LogP contribution < -0.4 is 5.73 Å². The van der Waals surface area contributed by atoms with Gasteiger partial charge in [0.2, 0.25) is 0 Å². The van der Waals surface area contributed by atoms with Crippen LogP contribution in [0.15, 0.2) is 22.7 Å². The molecular weight excluding hydrogens is 338 g/mol. The van der Waals surface area contributed by atoms with Gasteiger partial charge in [-0.15, -0.1) is 11.3 Å². The second-order valence-electron chi connectivity index (χ2n) is 5.08. The van der Waals surface area contributed by atoms with Crippen LogP contribution in [-0.4, -0.2) is 48.9 Å². The van der Waals surface area contributed by atoms with Crippen LogP contribution in [-0.2, 0) is 0 Å². The van der Waals surface area contributed by atoms with Crippen molar-refractivity contribution in [3.63, 3.8) is 0 Å². The molecule has 1 saturated heterocycles. The molecule has 3 rings (SSSR count). The van der Waals surface area contributed by atoms with Gasteiger partial charge in [-0.25, -0.2) is 0 Å². The molecule has 6 heteroatoms. The van der Waals surface area contributed by atoms with E-state index in [-0.39, 0.29) is 5.91 Å². The maximum absolute atomic E-state index is 12.6. The fraction of sp³-hybridized carbons (Fsp3) is 0.357. The molecule has 0 radical (unpaired) electrons.